The molecule has 0 aromatic heterocycles. The van der Waals surface area contributed by atoms with Gasteiger partial charge in [0.1, 0.15) is 0 Å². The highest BCUT2D eigenvalue weighted by Gasteiger charge is 2.16. The highest BCUT2D eigenvalue weighted by molar-refractivity contribution is 5.75. The Hall–Kier alpha value is -0.610. The molecule has 0 aliphatic carbocycles. The smallest absolute Gasteiger partial charge is 0.222 e. The molecule has 108 valence electrons. The minimum Gasteiger partial charge on any atom is -0.382 e. The van der Waals surface area contributed by atoms with E-state index in [9.17, 15) is 4.79 Å². The monoisotopic (exact) mass is 259 g/mol. The van der Waals surface area contributed by atoms with Gasteiger partial charge in [-0.1, -0.05) is 20.8 Å². The molecule has 1 amide bonds. The van der Waals surface area contributed by atoms with Gasteiger partial charge in [-0.3, -0.25) is 4.79 Å². The number of hydrogen-bond donors (Lipinski definition) is 0. The van der Waals surface area contributed by atoms with Crippen LogP contribution in [0.1, 0.15) is 40.0 Å². The SMILES string of the molecule is COCCOCCCCC(=O)N(C)CC(C)(C)C. The summed E-state index contributed by atoms with van der Waals surface area (Å²) in [7, 11) is 3.54. The molecule has 0 aromatic rings. The first-order valence-corrected chi connectivity index (χ1v) is 6.67. The van der Waals surface area contributed by atoms with Crippen molar-refractivity contribution in [3.05, 3.63) is 0 Å². The maximum atomic E-state index is 11.8. The normalized spacial score (nSPS) is 11.6. The van der Waals surface area contributed by atoms with Gasteiger partial charge in [-0.25, -0.2) is 0 Å². The standard InChI is InChI=1S/C14H29NO3/c1-14(2,3)12-15(4)13(16)8-6-7-9-18-11-10-17-5/h6-12H2,1-5H3. The van der Waals surface area contributed by atoms with Gasteiger partial charge in [-0.2, -0.15) is 0 Å². The molecule has 0 saturated heterocycles. The topological polar surface area (TPSA) is 38.8 Å². The van der Waals surface area contributed by atoms with E-state index in [-0.39, 0.29) is 11.3 Å². The van der Waals surface area contributed by atoms with Crippen molar-refractivity contribution >= 4 is 5.91 Å². The highest BCUT2D eigenvalue weighted by Crippen LogP contribution is 2.15. The Labute approximate surface area is 112 Å². The van der Waals surface area contributed by atoms with E-state index in [0.717, 1.165) is 19.4 Å². The van der Waals surface area contributed by atoms with Crippen molar-refractivity contribution in [2.75, 3.05) is 40.5 Å². The van der Waals surface area contributed by atoms with Gasteiger partial charge < -0.3 is 14.4 Å². The van der Waals surface area contributed by atoms with Crippen LogP contribution in [0.2, 0.25) is 0 Å². The Morgan fingerprint density at radius 1 is 1.11 bits per heavy atom. The predicted octanol–water partition coefficient (Wildman–Crippen LogP) is 2.32. The van der Waals surface area contributed by atoms with Gasteiger partial charge in [-0.15, -0.1) is 0 Å². The zero-order valence-corrected chi connectivity index (χ0v) is 12.6. The second-order valence-corrected chi connectivity index (χ2v) is 5.87. The third-order valence-corrected chi connectivity index (χ3v) is 2.50. The third-order valence-electron chi connectivity index (χ3n) is 2.50. The molecule has 0 aliphatic heterocycles. The molecular formula is C14H29NO3. The number of carbonyl (C=O) groups excluding carboxylic acids is 1. The van der Waals surface area contributed by atoms with Crippen LogP contribution < -0.4 is 0 Å². The lowest BCUT2D eigenvalue weighted by Gasteiger charge is -2.26. The van der Waals surface area contributed by atoms with Crippen LogP contribution in [0, 0.1) is 5.41 Å². The van der Waals surface area contributed by atoms with Crippen LogP contribution in [0.5, 0.6) is 0 Å². The average Bonchev–Trinajstić information content (AvgIpc) is 2.25. The van der Waals surface area contributed by atoms with E-state index in [2.05, 4.69) is 20.8 Å². The van der Waals surface area contributed by atoms with Crippen molar-refractivity contribution in [1.29, 1.82) is 0 Å². The van der Waals surface area contributed by atoms with Crippen LogP contribution >= 0.6 is 0 Å². The van der Waals surface area contributed by atoms with Crippen LogP contribution in [0.4, 0.5) is 0 Å². The maximum Gasteiger partial charge on any atom is 0.222 e. The summed E-state index contributed by atoms with van der Waals surface area (Å²) in [5.41, 5.74) is 0.160. The number of methoxy groups -OCH3 is 1. The number of unbranched alkanes of at least 4 members (excludes halogenated alkanes) is 1. The summed E-state index contributed by atoms with van der Waals surface area (Å²) in [4.78, 5) is 13.6. The van der Waals surface area contributed by atoms with Gasteiger partial charge in [0.05, 0.1) is 13.2 Å². The molecule has 0 aromatic carbocycles. The van der Waals surface area contributed by atoms with Crippen LogP contribution in [0.15, 0.2) is 0 Å². The largest absolute Gasteiger partial charge is 0.382 e. The van der Waals surface area contributed by atoms with E-state index in [1.165, 1.54) is 0 Å². The molecule has 18 heavy (non-hydrogen) atoms. The predicted molar refractivity (Wildman–Crippen MR) is 73.6 cm³/mol. The van der Waals surface area contributed by atoms with E-state index in [4.69, 9.17) is 9.47 Å². The maximum absolute atomic E-state index is 11.8. The minimum absolute atomic E-state index is 0.160. The van der Waals surface area contributed by atoms with Crippen LogP contribution in [0.25, 0.3) is 0 Å². The summed E-state index contributed by atoms with van der Waals surface area (Å²) < 4.78 is 10.2. The molecular weight excluding hydrogens is 230 g/mol. The fourth-order valence-corrected chi connectivity index (χ4v) is 1.72. The fourth-order valence-electron chi connectivity index (χ4n) is 1.72. The number of carbonyl (C=O) groups is 1. The van der Waals surface area contributed by atoms with Gasteiger partial charge in [0.25, 0.3) is 0 Å². The van der Waals surface area contributed by atoms with Crippen molar-refractivity contribution in [2.45, 2.75) is 40.0 Å². The van der Waals surface area contributed by atoms with E-state index < -0.39 is 0 Å². The number of nitrogens with zero attached hydrogens (tertiary/aromatic N) is 1. The number of ether oxygens (including phenoxy) is 2. The van der Waals surface area contributed by atoms with Crippen molar-refractivity contribution < 1.29 is 14.3 Å². The van der Waals surface area contributed by atoms with E-state index in [1.54, 1.807) is 7.11 Å². The minimum atomic E-state index is 0.160. The molecule has 0 radical (unpaired) electrons. The lowest BCUT2D eigenvalue weighted by molar-refractivity contribution is -0.131. The summed E-state index contributed by atoms with van der Waals surface area (Å²) in [5.74, 6) is 0.224. The summed E-state index contributed by atoms with van der Waals surface area (Å²) >= 11 is 0. The van der Waals surface area contributed by atoms with Crippen molar-refractivity contribution in [3.8, 4) is 0 Å². The van der Waals surface area contributed by atoms with E-state index in [0.29, 0.717) is 26.2 Å². The van der Waals surface area contributed by atoms with Gasteiger partial charge in [0.15, 0.2) is 0 Å². The highest BCUT2D eigenvalue weighted by atomic mass is 16.5. The Morgan fingerprint density at radius 2 is 1.78 bits per heavy atom. The van der Waals surface area contributed by atoms with E-state index >= 15 is 0 Å². The second-order valence-electron chi connectivity index (χ2n) is 5.87. The van der Waals surface area contributed by atoms with Gasteiger partial charge >= 0.3 is 0 Å². The molecule has 0 atom stereocenters. The molecule has 4 nitrogen and oxygen atoms in total. The zero-order valence-electron chi connectivity index (χ0n) is 12.6. The van der Waals surface area contributed by atoms with Crippen LogP contribution in [-0.4, -0.2) is 51.3 Å². The summed E-state index contributed by atoms with van der Waals surface area (Å²) in [6.45, 7) is 9.19. The summed E-state index contributed by atoms with van der Waals surface area (Å²) in [6.07, 6.45) is 2.43. The molecule has 0 saturated carbocycles. The molecule has 0 spiro atoms. The fraction of sp³-hybridized carbons (Fsp3) is 0.929. The summed E-state index contributed by atoms with van der Waals surface area (Å²) in [6, 6.07) is 0. The van der Waals surface area contributed by atoms with Gasteiger partial charge in [0, 0.05) is 33.7 Å². The summed E-state index contributed by atoms with van der Waals surface area (Å²) in [5, 5.41) is 0. The Bertz CT molecular complexity index is 224. The molecule has 4 heteroatoms. The van der Waals surface area contributed by atoms with Crippen LogP contribution in [-0.2, 0) is 14.3 Å². The number of amides is 1. The Morgan fingerprint density at radius 3 is 2.33 bits per heavy atom. The van der Waals surface area contributed by atoms with Crippen LogP contribution in [0.3, 0.4) is 0 Å². The lowest BCUT2D eigenvalue weighted by Crippen LogP contribution is -2.34. The van der Waals surface area contributed by atoms with Gasteiger partial charge in [0.2, 0.25) is 5.91 Å². The molecule has 0 heterocycles. The molecule has 0 aliphatic rings. The number of rotatable bonds is 9. The van der Waals surface area contributed by atoms with Crippen molar-refractivity contribution in [2.24, 2.45) is 5.41 Å². The molecule has 0 unspecified atom stereocenters. The first-order chi connectivity index (χ1) is 8.37. The number of hydrogen-bond acceptors (Lipinski definition) is 3. The van der Waals surface area contributed by atoms with E-state index in [1.807, 2.05) is 11.9 Å². The molecule has 0 bridgehead atoms. The molecule has 0 N–H and O–H groups in total. The average molecular weight is 259 g/mol. The van der Waals surface area contributed by atoms with Crippen molar-refractivity contribution in [1.82, 2.24) is 4.90 Å². The zero-order chi connectivity index (χ0) is 14.0. The van der Waals surface area contributed by atoms with Crippen molar-refractivity contribution in [3.63, 3.8) is 0 Å². The van der Waals surface area contributed by atoms with Gasteiger partial charge in [-0.05, 0) is 18.3 Å². The first kappa shape index (κ1) is 17.4. The first-order valence-electron chi connectivity index (χ1n) is 6.67. The second kappa shape index (κ2) is 9.34. The Kier molecular flexibility index (Phi) is 9.02. The molecule has 0 rings (SSSR count). The molecule has 0 fully saturated rings. The quantitative estimate of drug-likeness (QED) is 0.597. The lowest BCUT2D eigenvalue weighted by atomic mass is 9.96. The third kappa shape index (κ3) is 10.5. The Balaban J connectivity index is 3.52.